The molecule has 0 bridgehead atoms. The number of para-hydroxylation sites is 1. The van der Waals surface area contributed by atoms with E-state index in [2.05, 4.69) is 21.3 Å². The number of carbonyl (C=O) groups is 4. The van der Waals surface area contributed by atoms with Crippen molar-refractivity contribution in [2.75, 3.05) is 19.7 Å². The lowest BCUT2D eigenvalue weighted by Crippen LogP contribution is -2.52. The third-order valence-electron chi connectivity index (χ3n) is 6.16. The molecule has 0 spiro atoms. The summed E-state index contributed by atoms with van der Waals surface area (Å²) in [5.41, 5.74) is 1.43. The van der Waals surface area contributed by atoms with E-state index >= 15 is 0 Å². The lowest BCUT2D eigenvalue weighted by Gasteiger charge is -2.22. The number of amides is 4. The highest BCUT2D eigenvalue weighted by Crippen LogP contribution is 2.18. The van der Waals surface area contributed by atoms with E-state index in [0.29, 0.717) is 38.1 Å². The summed E-state index contributed by atoms with van der Waals surface area (Å²) in [6.07, 6.45) is 2.16. The van der Waals surface area contributed by atoms with Gasteiger partial charge in [-0.1, -0.05) is 56.3 Å². The van der Waals surface area contributed by atoms with Crippen LogP contribution in [0.3, 0.4) is 0 Å². The summed E-state index contributed by atoms with van der Waals surface area (Å²) in [5.74, 6) is -1.22. The highest BCUT2D eigenvalue weighted by Gasteiger charge is 2.28. The predicted octanol–water partition coefficient (Wildman–Crippen LogP) is 2.35. The summed E-state index contributed by atoms with van der Waals surface area (Å²) >= 11 is 0. The Morgan fingerprint density at radius 3 is 2.53 bits per heavy atom. The van der Waals surface area contributed by atoms with E-state index in [4.69, 9.17) is 4.74 Å². The van der Waals surface area contributed by atoms with Crippen LogP contribution in [-0.4, -0.2) is 55.4 Å². The fraction of sp³-hybridized carbons (Fsp3) is 0.448. The largest absolute Gasteiger partial charge is 0.493 e. The maximum atomic E-state index is 13.2. The molecule has 9 heteroatoms. The summed E-state index contributed by atoms with van der Waals surface area (Å²) in [5, 5.41) is 11.2. The highest BCUT2D eigenvalue weighted by molar-refractivity contribution is 6.01. The van der Waals surface area contributed by atoms with Crippen LogP contribution in [0.4, 0.5) is 0 Å². The van der Waals surface area contributed by atoms with Gasteiger partial charge >= 0.3 is 0 Å². The molecule has 2 aromatic carbocycles. The van der Waals surface area contributed by atoms with Crippen molar-refractivity contribution in [2.45, 2.75) is 58.0 Å². The van der Waals surface area contributed by atoms with Crippen molar-refractivity contribution in [1.82, 2.24) is 21.3 Å². The summed E-state index contributed by atoms with van der Waals surface area (Å²) in [6.45, 7) is 4.97. The van der Waals surface area contributed by atoms with Crippen LogP contribution in [0.1, 0.15) is 55.5 Å². The number of hydrogen-bond acceptors (Lipinski definition) is 5. The minimum Gasteiger partial charge on any atom is -0.493 e. The topological polar surface area (TPSA) is 126 Å². The fourth-order valence-electron chi connectivity index (χ4n) is 4.23. The molecule has 1 heterocycles. The Morgan fingerprint density at radius 1 is 1.03 bits per heavy atom. The minimum atomic E-state index is -1.12. The van der Waals surface area contributed by atoms with Crippen molar-refractivity contribution < 1.29 is 23.9 Å². The maximum Gasteiger partial charge on any atom is 0.255 e. The van der Waals surface area contributed by atoms with Crippen LogP contribution >= 0.6 is 0 Å². The average molecular weight is 523 g/mol. The van der Waals surface area contributed by atoms with E-state index in [0.717, 1.165) is 12.0 Å². The Balaban J connectivity index is 1.75. The quantitative estimate of drug-likeness (QED) is 0.416. The monoisotopic (exact) mass is 522 g/mol. The second-order valence-electron chi connectivity index (χ2n) is 9.85. The van der Waals surface area contributed by atoms with Crippen LogP contribution < -0.4 is 26.0 Å². The van der Waals surface area contributed by atoms with Gasteiger partial charge in [0.25, 0.3) is 5.91 Å². The lowest BCUT2D eigenvalue weighted by molar-refractivity contribution is -0.131. The number of ether oxygens (including phenoxy) is 1. The van der Waals surface area contributed by atoms with Crippen molar-refractivity contribution in [2.24, 2.45) is 5.92 Å². The van der Waals surface area contributed by atoms with Gasteiger partial charge in [0, 0.05) is 13.1 Å². The van der Waals surface area contributed by atoms with Gasteiger partial charge in [0.15, 0.2) is 0 Å². The molecular formula is C29H38N4O5. The molecule has 38 heavy (non-hydrogen) atoms. The Kier molecular flexibility index (Phi) is 11.1. The first kappa shape index (κ1) is 28.7. The van der Waals surface area contributed by atoms with E-state index in [1.807, 2.05) is 44.2 Å². The van der Waals surface area contributed by atoms with Crippen molar-refractivity contribution in [1.29, 1.82) is 0 Å². The first-order chi connectivity index (χ1) is 18.3. The molecule has 0 saturated carbocycles. The number of fused-ring (bicyclic) bond motifs is 1. The second-order valence-corrected chi connectivity index (χ2v) is 9.85. The lowest BCUT2D eigenvalue weighted by atomic mass is 10.0. The molecule has 0 radical (unpaired) electrons. The van der Waals surface area contributed by atoms with E-state index in [1.54, 1.807) is 24.3 Å². The van der Waals surface area contributed by atoms with Gasteiger partial charge in [-0.25, -0.2) is 0 Å². The molecule has 4 amide bonds. The van der Waals surface area contributed by atoms with Gasteiger partial charge in [-0.2, -0.15) is 0 Å². The SMILES string of the molecule is CC(C)C[C@H]1NC(=O)C[C@@H](C(=O)NCCCc2ccccc2)NC(=O)c2ccccc2OCCCNC1=O. The Bertz CT molecular complexity index is 1090. The number of hydrogen-bond donors (Lipinski definition) is 4. The molecule has 2 atom stereocenters. The molecule has 4 N–H and O–H groups in total. The molecule has 0 aliphatic carbocycles. The van der Waals surface area contributed by atoms with Crippen LogP contribution in [-0.2, 0) is 20.8 Å². The number of aryl methyl sites for hydroxylation is 1. The number of rotatable bonds is 7. The first-order valence-corrected chi connectivity index (χ1v) is 13.2. The molecule has 0 aromatic heterocycles. The summed E-state index contributed by atoms with van der Waals surface area (Å²) in [4.78, 5) is 52.1. The van der Waals surface area contributed by atoms with E-state index in [1.165, 1.54) is 0 Å². The number of carbonyl (C=O) groups excluding carboxylic acids is 4. The number of benzene rings is 2. The molecule has 9 nitrogen and oxygen atoms in total. The van der Waals surface area contributed by atoms with Crippen LogP contribution in [0, 0.1) is 5.92 Å². The Hall–Kier alpha value is -3.88. The summed E-state index contributed by atoms with van der Waals surface area (Å²) in [7, 11) is 0. The minimum absolute atomic E-state index is 0.161. The fourth-order valence-corrected chi connectivity index (χ4v) is 4.23. The molecular weight excluding hydrogens is 484 g/mol. The van der Waals surface area contributed by atoms with Gasteiger partial charge in [0.2, 0.25) is 17.7 Å². The smallest absolute Gasteiger partial charge is 0.255 e. The average Bonchev–Trinajstić information content (AvgIpc) is 2.90. The maximum absolute atomic E-state index is 13.2. The highest BCUT2D eigenvalue weighted by atomic mass is 16.5. The van der Waals surface area contributed by atoms with Gasteiger partial charge < -0.3 is 26.0 Å². The molecule has 0 fully saturated rings. The molecule has 0 unspecified atom stereocenters. The number of nitrogens with one attached hydrogen (secondary N) is 4. The summed E-state index contributed by atoms with van der Waals surface area (Å²) in [6, 6.07) is 14.8. The van der Waals surface area contributed by atoms with E-state index < -0.39 is 29.8 Å². The molecule has 204 valence electrons. The van der Waals surface area contributed by atoms with Crippen LogP contribution in [0.25, 0.3) is 0 Å². The van der Waals surface area contributed by atoms with E-state index in [-0.39, 0.29) is 30.4 Å². The van der Waals surface area contributed by atoms with Gasteiger partial charge in [0.1, 0.15) is 17.8 Å². The molecule has 1 aliphatic rings. The Morgan fingerprint density at radius 2 is 1.76 bits per heavy atom. The van der Waals surface area contributed by atoms with Crippen LogP contribution in [0.15, 0.2) is 54.6 Å². The molecule has 1 aliphatic heterocycles. The molecule has 2 aromatic rings. The second kappa shape index (κ2) is 14.8. The third-order valence-corrected chi connectivity index (χ3v) is 6.16. The Labute approximate surface area is 224 Å². The zero-order valence-electron chi connectivity index (χ0n) is 22.1. The standard InChI is InChI=1S/C29H38N4O5/c1-20(2)18-23-28(36)31-16-9-17-38-25-14-7-6-13-22(25)27(35)33-24(19-26(34)32-23)29(37)30-15-8-12-21-10-4-3-5-11-21/h3-7,10-11,13-14,20,23-24H,8-9,12,15-19H2,1-2H3,(H,30,37)(H,31,36)(H,32,34)(H,33,35)/t23-,24+/m1/s1. The predicted molar refractivity (Wildman–Crippen MR) is 145 cm³/mol. The summed E-state index contributed by atoms with van der Waals surface area (Å²) < 4.78 is 5.80. The zero-order valence-corrected chi connectivity index (χ0v) is 22.1. The first-order valence-electron chi connectivity index (χ1n) is 13.2. The van der Waals surface area contributed by atoms with Gasteiger partial charge in [-0.15, -0.1) is 0 Å². The van der Waals surface area contributed by atoms with E-state index in [9.17, 15) is 19.2 Å². The molecule has 3 rings (SSSR count). The van der Waals surface area contributed by atoms with Gasteiger partial charge in [-0.3, -0.25) is 19.2 Å². The van der Waals surface area contributed by atoms with Crippen molar-refractivity contribution in [3.8, 4) is 5.75 Å². The van der Waals surface area contributed by atoms with Crippen LogP contribution in [0.2, 0.25) is 0 Å². The van der Waals surface area contributed by atoms with Crippen molar-refractivity contribution in [3.63, 3.8) is 0 Å². The van der Waals surface area contributed by atoms with Crippen LogP contribution in [0.5, 0.6) is 5.75 Å². The van der Waals surface area contributed by atoms with Gasteiger partial charge in [0.05, 0.1) is 18.6 Å². The third kappa shape index (κ3) is 9.21. The normalized spacial score (nSPS) is 19.1. The van der Waals surface area contributed by atoms with Gasteiger partial charge in [-0.05, 0) is 49.3 Å². The zero-order chi connectivity index (χ0) is 27.3. The molecule has 0 saturated heterocycles. The van der Waals surface area contributed by atoms with Crippen molar-refractivity contribution in [3.05, 3.63) is 65.7 Å². The van der Waals surface area contributed by atoms with Crippen molar-refractivity contribution >= 4 is 23.6 Å².